The molecule has 3 N–H and O–H groups in total. The number of thiophene rings is 1. The fraction of sp³-hybridized carbons (Fsp3) is 0.214. The van der Waals surface area contributed by atoms with Gasteiger partial charge in [0.2, 0.25) is 0 Å². The van der Waals surface area contributed by atoms with Crippen molar-refractivity contribution in [2.45, 2.75) is 13.3 Å². The van der Waals surface area contributed by atoms with E-state index < -0.39 is 0 Å². The first-order valence-corrected chi connectivity index (χ1v) is 6.65. The minimum absolute atomic E-state index is 0.0461. The quantitative estimate of drug-likeness (QED) is 0.641. The summed E-state index contributed by atoms with van der Waals surface area (Å²) in [5.41, 5.74) is 7.23. The van der Waals surface area contributed by atoms with Crippen LogP contribution < -0.4 is 10.5 Å². The zero-order chi connectivity index (χ0) is 13.0. The lowest BCUT2D eigenvalue weighted by molar-refractivity contribution is 0.320. The molecular formula is C14H16N2OS. The Balaban J connectivity index is 2.06. The number of aryl methyl sites for hydroxylation is 1. The summed E-state index contributed by atoms with van der Waals surface area (Å²) in [6.45, 7) is 2.57. The highest BCUT2D eigenvalue weighted by Gasteiger charge is 2.09. The lowest BCUT2D eigenvalue weighted by atomic mass is 10.1. The SMILES string of the molecule is Cc1cccc(C(=N)N)c1OCCc1cccs1. The van der Waals surface area contributed by atoms with E-state index in [0.29, 0.717) is 12.2 Å². The Morgan fingerprint density at radius 2 is 2.17 bits per heavy atom. The Morgan fingerprint density at radius 3 is 2.83 bits per heavy atom. The second kappa shape index (κ2) is 5.69. The Hall–Kier alpha value is -1.81. The Bertz CT molecular complexity index is 535. The number of nitrogens with two attached hydrogens (primary N) is 1. The topological polar surface area (TPSA) is 59.1 Å². The van der Waals surface area contributed by atoms with Gasteiger partial charge in [0.05, 0.1) is 12.2 Å². The Kier molecular flexibility index (Phi) is 3.99. The van der Waals surface area contributed by atoms with Crippen LogP contribution in [0.3, 0.4) is 0 Å². The number of para-hydroxylation sites is 1. The van der Waals surface area contributed by atoms with Crippen molar-refractivity contribution in [2.75, 3.05) is 6.61 Å². The van der Waals surface area contributed by atoms with Gasteiger partial charge in [-0.3, -0.25) is 5.41 Å². The van der Waals surface area contributed by atoms with E-state index in [0.717, 1.165) is 17.7 Å². The molecule has 18 heavy (non-hydrogen) atoms. The highest BCUT2D eigenvalue weighted by molar-refractivity contribution is 7.09. The van der Waals surface area contributed by atoms with E-state index in [4.69, 9.17) is 15.9 Å². The van der Waals surface area contributed by atoms with Gasteiger partial charge in [0.15, 0.2) is 0 Å². The second-order valence-corrected chi connectivity index (χ2v) is 5.08. The third-order valence-corrected chi connectivity index (χ3v) is 3.61. The molecule has 0 saturated heterocycles. The van der Waals surface area contributed by atoms with Crippen molar-refractivity contribution in [3.63, 3.8) is 0 Å². The van der Waals surface area contributed by atoms with Crippen molar-refractivity contribution in [3.05, 3.63) is 51.7 Å². The molecule has 0 aliphatic heterocycles. The molecule has 0 unspecified atom stereocenters. The number of hydrogen-bond acceptors (Lipinski definition) is 3. The molecule has 1 aromatic carbocycles. The molecule has 1 aromatic heterocycles. The van der Waals surface area contributed by atoms with Crippen LogP contribution >= 0.6 is 11.3 Å². The molecule has 0 atom stereocenters. The second-order valence-electron chi connectivity index (χ2n) is 4.04. The van der Waals surface area contributed by atoms with Gasteiger partial charge < -0.3 is 10.5 Å². The predicted octanol–water partition coefficient (Wildman–Crippen LogP) is 2.96. The van der Waals surface area contributed by atoms with E-state index in [1.54, 1.807) is 11.3 Å². The van der Waals surface area contributed by atoms with E-state index in [1.165, 1.54) is 4.88 Å². The maximum Gasteiger partial charge on any atom is 0.133 e. The fourth-order valence-corrected chi connectivity index (χ4v) is 2.45. The fourth-order valence-electron chi connectivity index (χ4n) is 1.76. The molecule has 1 heterocycles. The Labute approximate surface area is 111 Å². The summed E-state index contributed by atoms with van der Waals surface area (Å²) in [4.78, 5) is 1.30. The number of rotatable bonds is 5. The molecule has 0 amide bonds. The summed E-state index contributed by atoms with van der Waals surface area (Å²) in [7, 11) is 0. The molecule has 0 radical (unpaired) electrons. The average molecular weight is 260 g/mol. The van der Waals surface area contributed by atoms with E-state index >= 15 is 0 Å². The van der Waals surface area contributed by atoms with Crippen LogP contribution in [-0.2, 0) is 6.42 Å². The number of nitrogens with one attached hydrogen (secondary N) is 1. The molecule has 4 heteroatoms. The molecule has 0 spiro atoms. The van der Waals surface area contributed by atoms with Crippen LogP contribution in [0.2, 0.25) is 0 Å². The molecule has 0 aliphatic carbocycles. The molecule has 0 fully saturated rings. The van der Waals surface area contributed by atoms with Crippen LogP contribution in [0.15, 0.2) is 35.7 Å². The van der Waals surface area contributed by atoms with Crippen LogP contribution in [0.5, 0.6) is 5.75 Å². The summed E-state index contributed by atoms with van der Waals surface area (Å²) in [5, 5.41) is 9.61. The van der Waals surface area contributed by atoms with Crippen molar-refractivity contribution < 1.29 is 4.74 Å². The molecule has 0 aliphatic rings. The maximum absolute atomic E-state index is 7.55. The van der Waals surface area contributed by atoms with Gasteiger partial charge in [0.1, 0.15) is 11.6 Å². The summed E-state index contributed by atoms with van der Waals surface area (Å²) < 4.78 is 5.79. The maximum atomic E-state index is 7.55. The van der Waals surface area contributed by atoms with Crippen LogP contribution in [-0.4, -0.2) is 12.4 Å². The third-order valence-electron chi connectivity index (χ3n) is 2.68. The largest absolute Gasteiger partial charge is 0.492 e. The third kappa shape index (κ3) is 2.90. The summed E-state index contributed by atoms with van der Waals surface area (Å²) in [6.07, 6.45) is 0.878. The highest BCUT2D eigenvalue weighted by atomic mass is 32.1. The van der Waals surface area contributed by atoms with Crippen molar-refractivity contribution in [1.29, 1.82) is 5.41 Å². The lowest BCUT2D eigenvalue weighted by Crippen LogP contribution is -2.14. The number of nitrogen functional groups attached to an aromatic ring is 1. The Morgan fingerprint density at radius 1 is 1.33 bits per heavy atom. The van der Waals surface area contributed by atoms with Gasteiger partial charge in [-0.2, -0.15) is 0 Å². The van der Waals surface area contributed by atoms with Gasteiger partial charge in [-0.15, -0.1) is 11.3 Å². The first-order chi connectivity index (χ1) is 8.68. The van der Waals surface area contributed by atoms with Gasteiger partial charge in [-0.25, -0.2) is 0 Å². The van der Waals surface area contributed by atoms with Crippen LogP contribution in [0.1, 0.15) is 16.0 Å². The summed E-state index contributed by atoms with van der Waals surface area (Å²) in [5.74, 6) is 0.770. The first-order valence-electron chi connectivity index (χ1n) is 5.77. The van der Waals surface area contributed by atoms with Gasteiger partial charge in [0, 0.05) is 11.3 Å². The average Bonchev–Trinajstić information content (AvgIpc) is 2.84. The van der Waals surface area contributed by atoms with Crippen LogP contribution in [0.4, 0.5) is 0 Å². The van der Waals surface area contributed by atoms with Crippen molar-refractivity contribution in [2.24, 2.45) is 5.73 Å². The monoisotopic (exact) mass is 260 g/mol. The zero-order valence-electron chi connectivity index (χ0n) is 10.3. The van der Waals surface area contributed by atoms with E-state index in [2.05, 4.69) is 11.4 Å². The van der Waals surface area contributed by atoms with Crippen molar-refractivity contribution in [1.82, 2.24) is 0 Å². The number of ether oxygens (including phenoxy) is 1. The smallest absolute Gasteiger partial charge is 0.133 e. The number of benzene rings is 1. The molecule has 94 valence electrons. The van der Waals surface area contributed by atoms with Crippen LogP contribution in [0, 0.1) is 12.3 Å². The highest BCUT2D eigenvalue weighted by Crippen LogP contribution is 2.23. The van der Waals surface area contributed by atoms with Gasteiger partial charge in [-0.05, 0) is 30.0 Å². The lowest BCUT2D eigenvalue weighted by Gasteiger charge is -2.12. The molecular weight excluding hydrogens is 244 g/mol. The van der Waals surface area contributed by atoms with E-state index in [-0.39, 0.29) is 5.84 Å². The minimum Gasteiger partial charge on any atom is -0.492 e. The van der Waals surface area contributed by atoms with E-state index in [1.807, 2.05) is 31.2 Å². The summed E-state index contributed by atoms with van der Waals surface area (Å²) in [6, 6.07) is 9.80. The molecule has 3 nitrogen and oxygen atoms in total. The van der Waals surface area contributed by atoms with Crippen molar-refractivity contribution >= 4 is 17.2 Å². The number of hydrogen-bond donors (Lipinski definition) is 2. The molecule has 0 bridgehead atoms. The predicted molar refractivity (Wildman–Crippen MR) is 75.7 cm³/mol. The normalized spacial score (nSPS) is 10.3. The zero-order valence-corrected chi connectivity index (χ0v) is 11.1. The molecule has 0 saturated carbocycles. The first kappa shape index (κ1) is 12.6. The molecule has 2 rings (SSSR count). The van der Waals surface area contributed by atoms with Gasteiger partial charge in [0.25, 0.3) is 0 Å². The van der Waals surface area contributed by atoms with Crippen molar-refractivity contribution in [3.8, 4) is 5.75 Å². The van der Waals surface area contributed by atoms with E-state index in [9.17, 15) is 0 Å². The minimum atomic E-state index is 0.0461. The number of amidine groups is 1. The molecule has 2 aromatic rings. The summed E-state index contributed by atoms with van der Waals surface area (Å²) >= 11 is 1.73. The van der Waals surface area contributed by atoms with Crippen LogP contribution in [0.25, 0.3) is 0 Å². The standard InChI is InChI=1S/C14H16N2OS/c1-10-4-2-6-12(14(15)16)13(10)17-8-7-11-5-3-9-18-11/h2-6,9H,7-8H2,1H3,(H3,15,16). The van der Waals surface area contributed by atoms with Gasteiger partial charge >= 0.3 is 0 Å². The van der Waals surface area contributed by atoms with Gasteiger partial charge in [-0.1, -0.05) is 18.2 Å².